The van der Waals surface area contributed by atoms with Crippen LogP contribution in [0.25, 0.3) is 11.0 Å². The summed E-state index contributed by atoms with van der Waals surface area (Å²) in [6.07, 6.45) is 0. The fourth-order valence-electron chi connectivity index (χ4n) is 3.46. The van der Waals surface area contributed by atoms with Gasteiger partial charge in [0.2, 0.25) is 0 Å². The summed E-state index contributed by atoms with van der Waals surface area (Å²) in [4.78, 5) is 14.3. The van der Waals surface area contributed by atoms with Crippen LogP contribution in [-0.4, -0.2) is 13.1 Å². The fourth-order valence-corrected chi connectivity index (χ4v) is 3.46. The van der Waals surface area contributed by atoms with Crippen LogP contribution in [0.15, 0.2) is 88.1 Å². The van der Waals surface area contributed by atoms with E-state index in [1.807, 2.05) is 72.8 Å². The first kappa shape index (κ1) is 20.5. The molecule has 0 fully saturated rings. The molecule has 0 saturated carbocycles. The highest BCUT2D eigenvalue weighted by Gasteiger charge is 2.11. The second kappa shape index (κ2) is 9.39. The second-order valence-corrected chi connectivity index (χ2v) is 7.13. The van der Waals surface area contributed by atoms with E-state index in [9.17, 15) is 4.79 Å². The minimum atomic E-state index is -0.443. The molecule has 1 heterocycles. The summed E-state index contributed by atoms with van der Waals surface area (Å²) in [5.41, 5.74) is 2.18. The van der Waals surface area contributed by atoms with Crippen molar-refractivity contribution in [2.45, 2.75) is 20.5 Å². The van der Waals surface area contributed by atoms with E-state index in [0.29, 0.717) is 23.7 Å². The van der Waals surface area contributed by atoms with Crippen molar-refractivity contribution >= 4 is 16.7 Å². The van der Waals surface area contributed by atoms with Crippen LogP contribution in [0.5, 0.6) is 17.2 Å². The highest BCUT2D eigenvalue weighted by atomic mass is 16.5. The number of fused-ring (bicyclic) bond motifs is 1. The van der Waals surface area contributed by atoms with Crippen LogP contribution in [-0.2, 0) is 6.61 Å². The van der Waals surface area contributed by atoms with Crippen LogP contribution >= 0.6 is 0 Å². The van der Waals surface area contributed by atoms with Gasteiger partial charge in [0.25, 0.3) is 0 Å². The van der Waals surface area contributed by atoms with Gasteiger partial charge >= 0.3 is 5.63 Å². The van der Waals surface area contributed by atoms with Crippen molar-refractivity contribution in [3.63, 3.8) is 0 Å². The number of benzene rings is 3. The Morgan fingerprint density at radius 3 is 2.26 bits per heavy atom. The Labute approximate surface area is 181 Å². The van der Waals surface area contributed by atoms with Gasteiger partial charge < -0.3 is 18.8 Å². The van der Waals surface area contributed by atoms with Crippen LogP contribution in [0.4, 0.5) is 5.69 Å². The lowest BCUT2D eigenvalue weighted by Gasteiger charge is -2.21. The molecule has 0 radical (unpaired) electrons. The van der Waals surface area contributed by atoms with E-state index in [1.54, 1.807) is 0 Å². The van der Waals surface area contributed by atoms with Gasteiger partial charge in [-0.15, -0.1) is 0 Å². The van der Waals surface area contributed by atoms with E-state index < -0.39 is 5.63 Å². The molecule has 31 heavy (non-hydrogen) atoms. The maximum atomic E-state index is 12.1. The van der Waals surface area contributed by atoms with Gasteiger partial charge in [-0.1, -0.05) is 30.3 Å². The Balaban J connectivity index is 1.53. The highest BCUT2D eigenvalue weighted by molar-refractivity contribution is 5.86. The van der Waals surface area contributed by atoms with Crippen LogP contribution in [0.3, 0.4) is 0 Å². The quantitative estimate of drug-likeness (QED) is 0.330. The average molecular weight is 415 g/mol. The van der Waals surface area contributed by atoms with Gasteiger partial charge in [-0.25, -0.2) is 4.79 Å². The van der Waals surface area contributed by atoms with Gasteiger partial charge in [-0.3, -0.25) is 0 Å². The standard InChI is InChI=1S/C26H25NO4/c1-3-27(4-2)20-10-15-23-24(16-20)31-26(28)17-25(23)30-22-13-11-21(12-14-22)29-18-19-8-6-5-7-9-19/h5-17H,3-4,18H2,1-2H3. The molecule has 5 heteroatoms. The van der Waals surface area contributed by atoms with Crippen LogP contribution in [0.1, 0.15) is 19.4 Å². The first-order valence-electron chi connectivity index (χ1n) is 10.4. The molecule has 0 unspecified atom stereocenters. The van der Waals surface area contributed by atoms with Crippen molar-refractivity contribution in [1.82, 2.24) is 0 Å². The maximum Gasteiger partial charge on any atom is 0.339 e. The Kier molecular flexibility index (Phi) is 6.22. The molecule has 5 nitrogen and oxygen atoms in total. The van der Waals surface area contributed by atoms with Gasteiger partial charge in [-0.05, 0) is 55.8 Å². The zero-order valence-electron chi connectivity index (χ0n) is 17.7. The SMILES string of the molecule is CCN(CC)c1ccc2c(Oc3ccc(OCc4ccccc4)cc3)cc(=O)oc2c1. The number of ether oxygens (including phenoxy) is 2. The lowest BCUT2D eigenvalue weighted by Crippen LogP contribution is -2.21. The normalized spacial score (nSPS) is 10.8. The Morgan fingerprint density at radius 2 is 1.55 bits per heavy atom. The molecular formula is C26H25NO4. The molecule has 0 spiro atoms. The minimum Gasteiger partial charge on any atom is -0.489 e. The van der Waals surface area contributed by atoms with Crippen LogP contribution in [0.2, 0.25) is 0 Å². The Bertz CT molecular complexity index is 1200. The van der Waals surface area contributed by atoms with E-state index in [4.69, 9.17) is 13.9 Å². The lowest BCUT2D eigenvalue weighted by atomic mass is 10.2. The van der Waals surface area contributed by atoms with E-state index in [2.05, 4.69) is 18.7 Å². The van der Waals surface area contributed by atoms with Gasteiger partial charge in [0, 0.05) is 24.8 Å². The molecule has 0 aliphatic carbocycles. The van der Waals surface area contributed by atoms with E-state index in [1.165, 1.54) is 6.07 Å². The van der Waals surface area contributed by atoms with E-state index in [-0.39, 0.29) is 0 Å². The first-order valence-corrected chi connectivity index (χ1v) is 10.4. The third-order valence-corrected chi connectivity index (χ3v) is 5.12. The zero-order chi connectivity index (χ0) is 21.6. The van der Waals surface area contributed by atoms with Crippen molar-refractivity contribution in [2.75, 3.05) is 18.0 Å². The topological polar surface area (TPSA) is 51.9 Å². The summed E-state index contributed by atoms with van der Waals surface area (Å²) >= 11 is 0. The molecular weight excluding hydrogens is 390 g/mol. The van der Waals surface area contributed by atoms with Gasteiger partial charge in [0.1, 0.15) is 29.4 Å². The van der Waals surface area contributed by atoms with Crippen molar-refractivity contribution in [3.8, 4) is 17.2 Å². The monoisotopic (exact) mass is 415 g/mol. The van der Waals surface area contributed by atoms with Crippen LogP contribution in [0, 0.1) is 0 Å². The number of anilines is 1. The smallest absolute Gasteiger partial charge is 0.339 e. The molecule has 0 aliphatic heterocycles. The first-order chi connectivity index (χ1) is 15.2. The molecule has 4 aromatic rings. The van der Waals surface area contributed by atoms with Crippen molar-refractivity contribution in [3.05, 3.63) is 94.8 Å². The molecule has 0 N–H and O–H groups in total. The van der Waals surface area contributed by atoms with E-state index >= 15 is 0 Å². The van der Waals surface area contributed by atoms with Crippen molar-refractivity contribution < 1.29 is 13.9 Å². The average Bonchev–Trinajstić information content (AvgIpc) is 2.80. The molecule has 0 bridgehead atoms. The van der Waals surface area contributed by atoms with Crippen LogP contribution < -0.4 is 20.0 Å². The van der Waals surface area contributed by atoms with Gasteiger partial charge in [0.05, 0.1) is 11.5 Å². The molecule has 0 amide bonds. The molecule has 3 aromatic carbocycles. The number of nitrogens with zero attached hydrogens (tertiary/aromatic N) is 1. The number of hydrogen-bond acceptors (Lipinski definition) is 5. The largest absolute Gasteiger partial charge is 0.489 e. The summed E-state index contributed by atoms with van der Waals surface area (Å²) in [7, 11) is 0. The summed E-state index contributed by atoms with van der Waals surface area (Å²) in [6.45, 7) is 6.44. The Morgan fingerprint density at radius 1 is 0.839 bits per heavy atom. The number of hydrogen-bond donors (Lipinski definition) is 0. The summed E-state index contributed by atoms with van der Waals surface area (Å²) in [6, 6.07) is 24.6. The fraction of sp³-hybridized carbons (Fsp3) is 0.192. The summed E-state index contributed by atoms with van der Waals surface area (Å²) in [5, 5.41) is 0.750. The maximum absolute atomic E-state index is 12.1. The predicted octanol–water partition coefficient (Wildman–Crippen LogP) is 6.01. The van der Waals surface area contributed by atoms with E-state index in [0.717, 1.165) is 35.5 Å². The molecule has 0 atom stereocenters. The zero-order valence-corrected chi connectivity index (χ0v) is 17.7. The third kappa shape index (κ3) is 4.89. The number of rotatable bonds is 8. The predicted molar refractivity (Wildman–Crippen MR) is 123 cm³/mol. The summed E-state index contributed by atoms with van der Waals surface area (Å²) in [5.74, 6) is 1.83. The van der Waals surface area contributed by atoms with Gasteiger partial charge in [-0.2, -0.15) is 0 Å². The molecule has 0 saturated heterocycles. The highest BCUT2D eigenvalue weighted by Crippen LogP contribution is 2.32. The second-order valence-electron chi connectivity index (χ2n) is 7.13. The molecule has 0 aliphatic rings. The molecule has 4 rings (SSSR count). The van der Waals surface area contributed by atoms with Gasteiger partial charge in [0.15, 0.2) is 0 Å². The van der Waals surface area contributed by atoms with Crippen molar-refractivity contribution in [1.29, 1.82) is 0 Å². The minimum absolute atomic E-state index is 0.443. The summed E-state index contributed by atoms with van der Waals surface area (Å²) < 4.78 is 17.3. The third-order valence-electron chi connectivity index (χ3n) is 5.12. The Hall–Kier alpha value is -3.73. The molecule has 158 valence electrons. The molecule has 1 aromatic heterocycles. The lowest BCUT2D eigenvalue weighted by molar-refractivity contribution is 0.306. The van der Waals surface area contributed by atoms with Crippen molar-refractivity contribution in [2.24, 2.45) is 0 Å².